The van der Waals surface area contributed by atoms with Crippen LogP contribution in [0.3, 0.4) is 0 Å². The van der Waals surface area contributed by atoms with E-state index < -0.39 is 30.1 Å². The minimum Gasteiger partial charge on any atom is -0.482 e. The molecule has 0 atom stereocenters. The van der Waals surface area contributed by atoms with Gasteiger partial charge in [-0.3, -0.25) is 0 Å². The molecule has 120 valence electrons. The zero-order chi connectivity index (χ0) is 16.5. The van der Waals surface area contributed by atoms with E-state index in [0.717, 1.165) is 0 Å². The smallest absolute Gasteiger partial charge is 0.482 e. The average molecular weight is 310 g/mol. The third-order valence-corrected chi connectivity index (χ3v) is 4.05. The number of methoxy groups -OCH3 is 1. The normalized spacial score (nSPS) is 19.1. The summed E-state index contributed by atoms with van der Waals surface area (Å²) in [4.78, 5) is 11.2. The summed E-state index contributed by atoms with van der Waals surface area (Å²) in [6.07, 6.45) is 0. The van der Waals surface area contributed by atoms with Crippen LogP contribution >= 0.6 is 0 Å². The molecule has 0 radical (unpaired) electrons. The highest BCUT2D eigenvalue weighted by Gasteiger charge is 2.52. The molecule has 0 aliphatic carbocycles. The summed E-state index contributed by atoms with van der Waals surface area (Å²) in [5.41, 5.74) is -0.699. The zero-order valence-corrected chi connectivity index (χ0v) is 13.4. The fourth-order valence-corrected chi connectivity index (χ4v) is 2.00. The van der Waals surface area contributed by atoms with E-state index in [1.165, 1.54) is 25.3 Å². The molecular formula is C15H20BFO5. The Bertz CT molecular complexity index is 557. The molecule has 1 aromatic carbocycles. The van der Waals surface area contributed by atoms with Gasteiger partial charge in [-0.2, -0.15) is 0 Å². The lowest BCUT2D eigenvalue weighted by Crippen LogP contribution is -2.41. The quantitative estimate of drug-likeness (QED) is 0.625. The number of halogens is 1. The lowest BCUT2D eigenvalue weighted by Gasteiger charge is -2.32. The second kappa shape index (κ2) is 5.89. The van der Waals surface area contributed by atoms with Gasteiger partial charge in [0.05, 0.1) is 18.3 Å². The lowest BCUT2D eigenvalue weighted by atomic mass is 9.78. The predicted molar refractivity (Wildman–Crippen MR) is 79.6 cm³/mol. The van der Waals surface area contributed by atoms with Crippen molar-refractivity contribution in [3.63, 3.8) is 0 Å². The molecule has 2 rings (SSSR count). The van der Waals surface area contributed by atoms with E-state index in [2.05, 4.69) is 4.74 Å². The number of ether oxygens (including phenoxy) is 2. The van der Waals surface area contributed by atoms with Gasteiger partial charge in [-0.15, -0.1) is 0 Å². The molecule has 1 heterocycles. The van der Waals surface area contributed by atoms with Crippen LogP contribution in [0.1, 0.15) is 27.7 Å². The molecule has 1 aliphatic rings. The first-order chi connectivity index (χ1) is 10.2. The minimum atomic E-state index is -0.770. The van der Waals surface area contributed by atoms with Crippen LogP contribution in [0, 0.1) is 5.82 Å². The molecule has 0 unspecified atom stereocenters. The summed E-state index contributed by atoms with van der Waals surface area (Å²) in [6, 6.07) is 3.98. The maximum absolute atomic E-state index is 13.6. The molecule has 1 aliphatic heterocycles. The number of benzene rings is 1. The molecule has 0 aromatic heterocycles. The maximum Gasteiger partial charge on any atom is 0.498 e. The minimum absolute atomic E-state index is 0.269. The van der Waals surface area contributed by atoms with Gasteiger partial charge in [-0.1, -0.05) is 0 Å². The maximum atomic E-state index is 13.6. The standard InChI is InChI=1S/C15H20BFO5/c1-14(2)15(3,4)22-16(21-14)11-8-10(17)6-7-12(11)20-9-13(18)19-5/h6-8H,9H2,1-5H3. The molecular weight excluding hydrogens is 290 g/mol. The van der Waals surface area contributed by atoms with E-state index in [9.17, 15) is 9.18 Å². The largest absolute Gasteiger partial charge is 0.498 e. The van der Waals surface area contributed by atoms with Gasteiger partial charge < -0.3 is 18.8 Å². The van der Waals surface area contributed by atoms with Gasteiger partial charge in [-0.05, 0) is 45.9 Å². The Morgan fingerprint density at radius 2 is 1.82 bits per heavy atom. The SMILES string of the molecule is COC(=O)COc1ccc(F)cc1B1OC(C)(C)C(C)(C)O1. The van der Waals surface area contributed by atoms with Crippen molar-refractivity contribution >= 4 is 18.6 Å². The number of hydrogen-bond acceptors (Lipinski definition) is 5. The van der Waals surface area contributed by atoms with Gasteiger partial charge in [0.25, 0.3) is 0 Å². The molecule has 1 fully saturated rings. The third kappa shape index (κ3) is 3.25. The van der Waals surface area contributed by atoms with Crippen molar-refractivity contribution in [2.24, 2.45) is 0 Å². The molecule has 5 nitrogen and oxygen atoms in total. The first-order valence-electron chi connectivity index (χ1n) is 7.01. The van der Waals surface area contributed by atoms with E-state index >= 15 is 0 Å². The third-order valence-electron chi connectivity index (χ3n) is 4.05. The molecule has 0 amide bonds. The van der Waals surface area contributed by atoms with Crippen molar-refractivity contribution in [1.82, 2.24) is 0 Å². The van der Waals surface area contributed by atoms with Crippen LogP contribution in [-0.2, 0) is 18.8 Å². The van der Waals surface area contributed by atoms with E-state index in [1.807, 2.05) is 27.7 Å². The van der Waals surface area contributed by atoms with Crippen molar-refractivity contribution in [2.75, 3.05) is 13.7 Å². The van der Waals surface area contributed by atoms with Crippen molar-refractivity contribution in [1.29, 1.82) is 0 Å². The molecule has 0 spiro atoms. The van der Waals surface area contributed by atoms with Gasteiger partial charge in [0, 0.05) is 5.46 Å². The van der Waals surface area contributed by atoms with Gasteiger partial charge in [0.15, 0.2) is 6.61 Å². The van der Waals surface area contributed by atoms with E-state index in [4.69, 9.17) is 14.0 Å². The van der Waals surface area contributed by atoms with Crippen LogP contribution in [0.25, 0.3) is 0 Å². The van der Waals surface area contributed by atoms with Crippen molar-refractivity contribution in [2.45, 2.75) is 38.9 Å². The summed E-state index contributed by atoms with van der Waals surface area (Å²) >= 11 is 0. The number of rotatable bonds is 4. The molecule has 1 aromatic rings. The number of hydrogen-bond donors (Lipinski definition) is 0. The summed E-state index contributed by atoms with van der Waals surface area (Å²) in [6.45, 7) is 7.35. The number of carbonyl (C=O) groups is 1. The first kappa shape index (κ1) is 16.8. The lowest BCUT2D eigenvalue weighted by molar-refractivity contribution is -0.142. The molecule has 0 N–H and O–H groups in total. The van der Waals surface area contributed by atoms with Gasteiger partial charge in [0.1, 0.15) is 11.6 Å². The summed E-state index contributed by atoms with van der Waals surface area (Å²) in [5.74, 6) is -0.635. The van der Waals surface area contributed by atoms with E-state index in [0.29, 0.717) is 11.2 Å². The topological polar surface area (TPSA) is 54.0 Å². The summed E-state index contributed by atoms with van der Waals surface area (Å²) in [7, 11) is 0.499. The molecule has 0 saturated carbocycles. The van der Waals surface area contributed by atoms with E-state index in [1.54, 1.807) is 0 Å². The zero-order valence-electron chi connectivity index (χ0n) is 13.4. The second-order valence-corrected chi connectivity index (χ2v) is 6.14. The Morgan fingerprint density at radius 1 is 1.23 bits per heavy atom. The second-order valence-electron chi connectivity index (χ2n) is 6.14. The summed E-state index contributed by atoms with van der Waals surface area (Å²) in [5, 5.41) is 0. The average Bonchev–Trinajstić information content (AvgIpc) is 2.65. The molecule has 1 saturated heterocycles. The Balaban J connectivity index is 2.27. The van der Waals surface area contributed by atoms with Gasteiger partial charge in [-0.25, -0.2) is 9.18 Å². The van der Waals surface area contributed by atoms with Crippen LogP contribution in [0.5, 0.6) is 5.75 Å². The van der Waals surface area contributed by atoms with Crippen molar-refractivity contribution in [3.05, 3.63) is 24.0 Å². The van der Waals surface area contributed by atoms with Gasteiger partial charge >= 0.3 is 13.1 Å². The Hall–Kier alpha value is -1.60. The molecule has 7 heteroatoms. The van der Waals surface area contributed by atoms with Gasteiger partial charge in [0.2, 0.25) is 0 Å². The fourth-order valence-electron chi connectivity index (χ4n) is 2.00. The highest BCUT2D eigenvalue weighted by atomic mass is 19.1. The van der Waals surface area contributed by atoms with E-state index in [-0.39, 0.29) is 6.61 Å². The Labute approximate surface area is 129 Å². The monoisotopic (exact) mass is 310 g/mol. The van der Waals surface area contributed by atoms with Crippen molar-refractivity contribution in [3.8, 4) is 5.75 Å². The first-order valence-corrected chi connectivity index (χ1v) is 7.01. The van der Waals surface area contributed by atoms with Crippen LogP contribution in [0.2, 0.25) is 0 Å². The highest BCUT2D eigenvalue weighted by molar-refractivity contribution is 6.63. The summed E-state index contributed by atoms with van der Waals surface area (Å²) < 4.78 is 35.3. The van der Waals surface area contributed by atoms with Crippen LogP contribution in [0.15, 0.2) is 18.2 Å². The molecule has 0 bridgehead atoms. The van der Waals surface area contributed by atoms with Crippen LogP contribution in [0.4, 0.5) is 4.39 Å². The fraction of sp³-hybridized carbons (Fsp3) is 0.533. The predicted octanol–water partition coefficient (Wildman–Crippen LogP) is 1.68. The Morgan fingerprint density at radius 3 is 2.36 bits per heavy atom. The van der Waals surface area contributed by atoms with Crippen LogP contribution in [-0.4, -0.2) is 38.0 Å². The van der Waals surface area contributed by atoms with Crippen LogP contribution < -0.4 is 10.2 Å². The van der Waals surface area contributed by atoms with Crippen molar-refractivity contribution < 1.29 is 28.0 Å². The molecule has 22 heavy (non-hydrogen) atoms. The Kier molecular flexibility index (Phi) is 4.49. The highest BCUT2D eigenvalue weighted by Crippen LogP contribution is 2.37. The number of esters is 1. The number of carbonyl (C=O) groups excluding carboxylic acids is 1.